The van der Waals surface area contributed by atoms with E-state index in [9.17, 15) is 18.7 Å². The summed E-state index contributed by atoms with van der Waals surface area (Å²) in [5, 5.41) is 14.1. The fraction of sp³-hybridized carbons (Fsp3) is 0.188. The Kier molecular flexibility index (Phi) is 6.78. The number of pyridine rings is 1. The summed E-state index contributed by atoms with van der Waals surface area (Å²) in [5.74, 6) is -1.34. The second kappa shape index (κ2) is 10.1. The van der Waals surface area contributed by atoms with Crippen LogP contribution in [-0.4, -0.2) is 16.0 Å². The number of allylic oxidation sites excluding steroid dienone is 1. The van der Waals surface area contributed by atoms with Gasteiger partial charge in [0.05, 0.1) is 0 Å². The van der Waals surface area contributed by atoms with E-state index in [1.165, 1.54) is 12.1 Å². The number of hydrogen-bond donors (Lipinski definition) is 3. The quantitative estimate of drug-likeness (QED) is 0.280. The first-order chi connectivity index (χ1) is 18.5. The number of rotatable bonds is 5. The highest BCUT2D eigenvalue weighted by molar-refractivity contribution is 5.94. The molecule has 0 saturated carbocycles. The molecule has 4 aromatic rings. The van der Waals surface area contributed by atoms with E-state index in [0.717, 1.165) is 50.7 Å². The molecule has 5 nitrogen and oxygen atoms in total. The molecule has 0 spiro atoms. The van der Waals surface area contributed by atoms with Crippen LogP contribution in [0.5, 0.6) is 0 Å². The number of halogens is 2. The second-order valence-electron chi connectivity index (χ2n) is 10.1. The van der Waals surface area contributed by atoms with Crippen LogP contribution in [0.15, 0.2) is 67.2 Å². The van der Waals surface area contributed by atoms with Crippen LogP contribution in [0.2, 0.25) is 0 Å². The van der Waals surface area contributed by atoms with Gasteiger partial charge in [-0.15, -0.1) is 0 Å². The highest BCUT2D eigenvalue weighted by Gasteiger charge is 2.30. The summed E-state index contributed by atoms with van der Waals surface area (Å²) in [7, 11) is 0. The maximum atomic E-state index is 14.5. The van der Waals surface area contributed by atoms with E-state index in [0.29, 0.717) is 16.9 Å². The highest BCUT2D eigenvalue weighted by atomic mass is 19.1. The molecule has 198 valence electrons. The number of nitrogens with zero attached hydrogens (tertiary/aromatic N) is 1. The maximum Gasteiger partial charge on any atom is 0.251 e. The number of carbonyl (C=O) groups is 1. The number of hydrogen-bond acceptors (Lipinski definition) is 4. The fourth-order valence-electron chi connectivity index (χ4n) is 5.36. The molecular weight excluding hydrogens is 496 g/mol. The summed E-state index contributed by atoms with van der Waals surface area (Å²) < 4.78 is 27.9. The van der Waals surface area contributed by atoms with E-state index in [2.05, 4.69) is 16.9 Å². The number of amides is 1. The Morgan fingerprint density at radius 2 is 1.72 bits per heavy atom. The number of aryl methyl sites for hydroxylation is 1. The number of nitrogens with two attached hydrogens (primary N) is 1. The molecule has 0 saturated heterocycles. The molecule has 0 fully saturated rings. The van der Waals surface area contributed by atoms with Gasteiger partial charge in [-0.2, -0.15) is 0 Å². The molecule has 5 rings (SSSR count). The van der Waals surface area contributed by atoms with Crippen molar-refractivity contribution in [1.82, 2.24) is 10.3 Å². The monoisotopic (exact) mass is 525 g/mol. The van der Waals surface area contributed by atoms with Gasteiger partial charge < -0.3 is 16.2 Å². The third kappa shape index (κ3) is 4.81. The first kappa shape index (κ1) is 26.3. The van der Waals surface area contributed by atoms with Crippen molar-refractivity contribution < 1.29 is 18.7 Å². The van der Waals surface area contributed by atoms with Crippen molar-refractivity contribution in [2.75, 3.05) is 5.73 Å². The molecule has 2 atom stereocenters. The summed E-state index contributed by atoms with van der Waals surface area (Å²) in [6.45, 7) is 9.97. The van der Waals surface area contributed by atoms with Gasteiger partial charge in [0.25, 0.3) is 5.91 Å². The number of anilines is 1. The Labute approximate surface area is 226 Å². The molecule has 7 heteroatoms. The predicted octanol–water partition coefficient (Wildman–Crippen LogP) is 6.43. The lowest BCUT2D eigenvalue weighted by Gasteiger charge is -2.30. The lowest BCUT2D eigenvalue weighted by atomic mass is 9.76. The number of fused-ring (bicyclic) bond motifs is 2. The average molecular weight is 526 g/mol. The number of aliphatic hydroxyl groups excluding tert-OH is 1. The van der Waals surface area contributed by atoms with Gasteiger partial charge in [-0.3, -0.25) is 4.79 Å². The van der Waals surface area contributed by atoms with Crippen molar-refractivity contribution in [3.63, 3.8) is 0 Å². The molecule has 39 heavy (non-hydrogen) atoms. The van der Waals surface area contributed by atoms with Crippen LogP contribution in [0.25, 0.3) is 16.7 Å². The number of aliphatic hydroxyl groups is 1. The highest BCUT2D eigenvalue weighted by Crippen LogP contribution is 2.43. The summed E-state index contributed by atoms with van der Waals surface area (Å²) in [6, 6.07) is 15.8. The molecule has 0 unspecified atom stereocenters. The first-order valence-corrected chi connectivity index (χ1v) is 12.7. The van der Waals surface area contributed by atoms with Crippen molar-refractivity contribution in [1.29, 1.82) is 0 Å². The Hall–Kier alpha value is -4.36. The molecule has 1 aliphatic carbocycles. The fourth-order valence-corrected chi connectivity index (χ4v) is 5.36. The summed E-state index contributed by atoms with van der Waals surface area (Å²) in [5.41, 5.74) is 13.5. The zero-order valence-electron chi connectivity index (χ0n) is 22.0. The average Bonchev–Trinajstić information content (AvgIpc) is 2.90. The van der Waals surface area contributed by atoms with Gasteiger partial charge in [0.2, 0.25) is 0 Å². The minimum absolute atomic E-state index is 0.173. The van der Waals surface area contributed by atoms with Crippen LogP contribution in [0.4, 0.5) is 14.6 Å². The lowest BCUT2D eigenvalue weighted by molar-refractivity contribution is 0.0950. The van der Waals surface area contributed by atoms with E-state index in [1.807, 2.05) is 26.8 Å². The SMILES string of the molecule is C=C(C)c1cc(N)nc(C)c1CNC(=O)c1ccc2c(c1)[C@H](C)c1cc(-c3ccc(F)cc3F)ccc1[C@@H]2O. The van der Waals surface area contributed by atoms with Crippen LogP contribution in [-0.2, 0) is 6.54 Å². The largest absolute Gasteiger partial charge is 0.384 e. The first-order valence-electron chi connectivity index (χ1n) is 12.7. The zero-order valence-corrected chi connectivity index (χ0v) is 22.0. The maximum absolute atomic E-state index is 14.5. The number of benzene rings is 3. The molecule has 1 amide bonds. The van der Waals surface area contributed by atoms with Crippen molar-refractivity contribution in [3.8, 4) is 11.1 Å². The zero-order chi connectivity index (χ0) is 28.0. The number of nitrogen functional groups attached to an aromatic ring is 1. The Balaban J connectivity index is 1.44. The van der Waals surface area contributed by atoms with Crippen molar-refractivity contribution >= 4 is 17.3 Å². The summed E-state index contributed by atoms with van der Waals surface area (Å²) in [6.07, 6.45) is -0.892. The van der Waals surface area contributed by atoms with Crippen molar-refractivity contribution in [3.05, 3.63) is 124 Å². The number of nitrogens with one attached hydrogen (secondary N) is 1. The second-order valence-corrected chi connectivity index (χ2v) is 10.1. The molecule has 3 aromatic carbocycles. The van der Waals surface area contributed by atoms with Gasteiger partial charge in [0, 0.05) is 40.9 Å². The van der Waals surface area contributed by atoms with E-state index in [4.69, 9.17) is 5.73 Å². The normalized spacial score (nSPS) is 15.8. The van der Waals surface area contributed by atoms with Gasteiger partial charge in [-0.05, 0) is 77.6 Å². The smallest absolute Gasteiger partial charge is 0.251 e. The van der Waals surface area contributed by atoms with Crippen LogP contribution in [0.3, 0.4) is 0 Å². The van der Waals surface area contributed by atoms with E-state index in [-0.39, 0.29) is 23.9 Å². The lowest BCUT2D eigenvalue weighted by Crippen LogP contribution is -2.25. The van der Waals surface area contributed by atoms with Crippen LogP contribution in [0, 0.1) is 18.6 Å². The molecule has 1 aliphatic rings. The van der Waals surface area contributed by atoms with Gasteiger partial charge in [-0.1, -0.05) is 43.3 Å². The summed E-state index contributed by atoms with van der Waals surface area (Å²) >= 11 is 0. The van der Waals surface area contributed by atoms with E-state index < -0.39 is 17.7 Å². The molecular formula is C32H29F2N3O2. The van der Waals surface area contributed by atoms with Crippen LogP contribution < -0.4 is 11.1 Å². The minimum Gasteiger partial charge on any atom is -0.384 e. The Morgan fingerprint density at radius 3 is 2.41 bits per heavy atom. The number of aromatic nitrogens is 1. The van der Waals surface area contributed by atoms with Gasteiger partial charge >= 0.3 is 0 Å². The topological polar surface area (TPSA) is 88.2 Å². The summed E-state index contributed by atoms with van der Waals surface area (Å²) in [4.78, 5) is 17.5. The molecule has 0 radical (unpaired) electrons. The van der Waals surface area contributed by atoms with E-state index >= 15 is 0 Å². The molecule has 4 N–H and O–H groups in total. The van der Waals surface area contributed by atoms with Gasteiger partial charge in [0.1, 0.15) is 23.6 Å². The minimum atomic E-state index is -0.892. The third-order valence-corrected chi connectivity index (χ3v) is 7.44. The molecule has 0 aliphatic heterocycles. The predicted molar refractivity (Wildman–Crippen MR) is 149 cm³/mol. The van der Waals surface area contributed by atoms with Gasteiger partial charge in [0.15, 0.2) is 0 Å². The molecule has 1 aromatic heterocycles. The van der Waals surface area contributed by atoms with Crippen molar-refractivity contribution in [2.24, 2.45) is 0 Å². The molecule has 1 heterocycles. The standard InChI is InChI=1S/C32H29F2N3O2/c1-16(2)25-14-30(35)37-18(4)28(25)15-36-32(39)20-6-9-24-27(12-20)17(3)26-11-19(5-8-23(26)31(24)38)22-10-7-21(33)13-29(22)34/h5-14,17,31,38H,1,15H2,2-4H3,(H2,35,37)(H,36,39)/t17-,31+/m1/s1. The third-order valence-electron chi connectivity index (χ3n) is 7.44. The number of carbonyl (C=O) groups excluding carboxylic acids is 1. The van der Waals surface area contributed by atoms with Crippen molar-refractivity contribution in [2.45, 2.75) is 39.3 Å². The van der Waals surface area contributed by atoms with E-state index in [1.54, 1.807) is 36.4 Å². The Morgan fingerprint density at radius 1 is 1.03 bits per heavy atom. The molecule has 0 bridgehead atoms. The van der Waals surface area contributed by atoms with Crippen LogP contribution in [0.1, 0.15) is 75.3 Å². The van der Waals surface area contributed by atoms with Gasteiger partial charge in [-0.25, -0.2) is 13.8 Å². The Bertz CT molecular complexity index is 1650. The van der Waals surface area contributed by atoms with Crippen LogP contribution >= 0.6 is 0 Å².